The fraction of sp³-hybridized carbons (Fsp3) is 0.545. The lowest BCUT2D eigenvalue weighted by Gasteiger charge is -2.13. The highest BCUT2D eigenvalue weighted by Gasteiger charge is 2.40. The molecule has 0 aliphatic heterocycles. The van der Waals surface area contributed by atoms with Crippen molar-refractivity contribution in [1.29, 1.82) is 0 Å². The number of nitrogens with zero attached hydrogens (tertiary/aromatic N) is 2. The first-order valence-corrected chi connectivity index (χ1v) is 5.69. The molecule has 17 heavy (non-hydrogen) atoms. The molecule has 6 nitrogen and oxygen atoms in total. The van der Waals surface area contributed by atoms with Gasteiger partial charge in [-0.2, -0.15) is 0 Å². The van der Waals surface area contributed by atoms with Gasteiger partial charge in [-0.3, -0.25) is 4.79 Å². The second-order valence-corrected chi connectivity index (χ2v) is 4.44. The first-order chi connectivity index (χ1) is 8.19. The molecule has 1 saturated carbocycles. The van der Waals surface area contributed by atoms with Crippen molar-refractivity contribution in [3.8, 4) is 0 Å². The Kier molecular flexibility index (Phi) is 3.23. The number of hydrogen-bond acceptors (Lipinski definition) is 5. The standard InChI is InChI=1S/C11H17N5O/c1-13-10(17)8-2-3-9(16-15-8)14-7-11(6-12)4-5-11/h2-3H,4-7,12H2,1H3,(H,13,17)(H,14,16). The quantitative estimate of drug-likeness (QED) is 0.667. The van der Waals surface area contributed by atoms with Gasteiger partial charge in [0.25, 0.3) is 5.91 Å². The molecule has 1 aliphatic carbocycles. The molecular weight excluding hydrogens is 218 g/mol. The van der Waals surface area contributed by atoms with E-state index in [9.17, 15) is 4.79 Å². The molecule has 0 aromatic carbocycles. The minimum Gasteiger partial charge on any atom is -0.368 e. The highest BCUT2D eigenvalue weighted by Crippen LogP contribution is 2.44. The molecule has 0 radical (unpaired) electrons. The third kappa shape index (κ3) is 2.71. The predicted octanol–water partition coefficient (Wildman–Crippen LogP) is -0.0130. The third-order valence-electron chi connectivity index (χ3n) is 3.16. The zero-order valence-corrected chi connectivity index (χ0v) is 9.86. The minimum atomic E-state index is -0.232. The number of carbonyl (C=O) groups excluding carboxylic acids is 1. The molecule has 0 atom stereocenters. The van der Waals surface area contributed by atoms with Crippen LogP contribution >= 0.6 is 0 Å². The van der Waals surface area contributed by atoms with Gasteiger partial charge in [0.2, 0.25) is 0 Å². The monoisotopic (exact) mass is 235 g/mol. The molecule has 0 spiro atoms. The highest BCUT2D eigenvalue weighted by molar-refractivity contribution is 5.91. The number of carbonyl (C=O) groups is 1. The van der Waals surface area contributed by atoms with Gasteiger partial charge in [0.15, 0.2) is 5.69 Å². The summed E-state index contributed by atoms with van der Waals surface area (Å²) >= 11 is 0. The van der Waals surface area contributed by atoms with E-state index >= 15 is 0 Å². The Bertz CT molecular complexity index is 399. The van der Waals surface area contributed by atoms with Gasteiger partial charge in [0.1, 0.15) is 5.82 Å². The summed E-state index contributed by atoms with van der Waals surface area (Å²) in [5.41, 5.74) is 6.25. The molecule has 0 unspecified atom stereocenters. The zero-order valence-electron chi connectivity index (χ0n) is 9.86. The molecular formula is C11H17N5O. The van der Waals surface area contributed by atoms with Crippen LogP contribution in [-0.2, 0) is 0 Å². The molecule has 1 aromatic heterocycles. The molecule has 1 aliphatic rings. The average molecular weight is 235 g/mol. The molecule has 92 valence electrons. The lowest BCUT2D eigenvalue weighted by atomic mass is 10.1. The van der Waals surface area contributed by atoms with E-state index in [1.165, 1.54) is 12.8 Å². The lowest BCUT2D eigenvalue weighted by Crippen LogP contribution is -2.25. The van der Waals surface area contributed by atoms with Crippen molar-refractivity contribution >= 4 is 11.7 Å². The Morgan fingerprint density at radius 3 is 2.71 bits per heavy atom. The summed E-state index contributed by atoms with van der Waals surface area (Å²) in [6, 6.07) is 3.40. The molecule has 1 amide bonds. The van der Waals surface area contributed by atoms with E-state index < -0.39 is 0 Å². The van der Waals surface area contributed by atoms with Crippen molar-refractivity contribution in [3.63, 3.8) is 0 Å². The lowest BCUT2D eigenvalue weighted by molar-refractivity contribution is 0.0957. The Morgan fingerprint density at radius 2 is 2.24 bits per heavy atom. The van der Waals surface area contributed by atoms with Crippen LogP contribution in [0.5, 0.6) is 0 Å². The third-order valence-corrected chi connectivity index (χ3v) is 3.16. The van der Waals surface area contributed by atoms with Crippen molar-refractivity contribution in [3.05, 3.63) is 17.8 Å². The van der Waals surface area contributed by atoms with E-state index in [0.717, 1.165) is 6.54 Å². The van der Waals surface area contributed by atoms with Crippen LogP contribution in [0.3, 0.4) is 0 Å². The molecule has 1 fully saturated rings. The summed E-state index contributed by atoms with van der Waals surface area (Å²) in [5.74, 6) is 0.446. The van der Waals surface area contributed by atoms with Gasteiger partial charge in [-0.05, 0) is 36.9 Å². The number of nitrogens with one attached hydrogen (secondary N) is 2. The molecule has 2 rings (SSSR count). The maximum Gasteiger partial charge on any atom is 0.271 e. The fourth-order valence-corrected chi connectivity index (χ4v) is 1.58. The maximum atomic E-state index is 11.2. The normalized spacial score (nSPS) is 16.4. The summed E-state index contributed by atoms with van der Waals surface area (Å²) in [6.07, 6.45) is 2.33. The summed E-state index contributed by atoms with van der Waals surface area (Å²) < 4.78 is 0. The largest absolute Gasteiger partial charge is 0.368 e. The number of anilines is 1. The van der Waals surface area contributed by atoms with Gasteiger partial charge >= 0.3 is 0 Å². The van der Waals surface area contributed by atoms with Crippen molar-refractivity contribution in [2.24, 2.45) is 11.1 Å². The topological polar surface area (TPSA) is 92.9 Å². The number of aromatic nitrogens is 2. The minimum absolute atomic E-state index is 0.232. The summed E-state index contributed by atoms with van der Waals surface area (Å²) in [4.78, 5) is 11.2. The van der Waals surface area contributed by atoms with Gasteiger partial charge in [0, 0.05) is 13.6 Å². The molecule has 0 bridgehead atoms. The summed E-state index contributed by atoms with van der Waals surface area (Å²) in [5, 5.41) is 13.5. The van der Waals surface area contributed by atoms with Gasteiger partial charge < -0.3 is 16.4 Å². The number of rotatable bonds is 5. The van der Waals surface area contributed by atoms with E-state index in [1.54, 1.807) is 19.2 Å². The van der Waals surface area contributed by atoms with E-state index in [0.29, 0.717) is 18.1 Å². The molecule has 0 saturated heterocycles. The molecule has 1 aromatic rings. The van der Waals surface area contributed by atoms with E-state index in [2.05, 4.69) is 20.8 Å². The van der Waals surface area contributed by atoms with Crippen molar-refractivity contribution in [2.45, 2.75) is 12.8 Å². The second-order valence-electron chi connectivity index (χ2n) is 4.44. The predicted molar refractivity (Wildman–Crippen MR) is 64.6 cm³/mol. The van der Waals surface area contributed by atoms with E-state index in [1.807, 2.05) is 0 Å². The second kappa shape index (κ2) is 4.67. The fourth-order valence-electron chi connectivity index (χ4n) is 1.58. The van der Waals surface area contributed by atoms with Gasteiger partial charge in [-0.1, -0.05) is 0 Å². The van der Waals surface area contributed by atoms with Crippen LogP contribution in [0.4, 0.5) is 5.82 Å². The van der Waals surface area contributed by atoms with Gasteiger partial charge in [0.05, 0.1) is 0 Å². The van der Waals surface area contributed by atoms with Crippen molar-refractivity contribution in [1.82, 2.24) is 15.5 Å². The van der Waals surface area contributed by atoms with Crippen LogP contribution in [-0.4, -0.2) is 36.2 Å². The number of nitrogens with two attached hydrogens (primary N) is 1. The summed E-state index contributed by atoms with van der Waals surface area (Å²) in [7, 11) is 1.56. The Balaban J connectivity index is 1.92. The molecule has 1 heterocycles. The SMILES string of the molecule is CNC(=O)c1ccc(NCC2(CN)CC2)nn1. The van der Waals surface area contributed by atoms with E-state index in [4.69, 9.17) is 5.73 Å². The van der Waals surface area contributed by atoms with Crippen LogP contribution in [0.2, 0.25) is 0 Å². The Hall–Kier alpha value is -1.69. The molecule has 6 heteroatoms. The van der Waals surface area contributed by atoms with Crippen LogP contribution in [0.15, 0.2) is 12.1 Å². The first kappa shape index (κ1) is 11.8. The van der Waals surface area contributed by atoms with Gasteiger partial charge in [-0.15, -0.1) is 10.2 Å². The zero-order chi connectivity index (χ0) is 12.3. The molecule has 4 N–H and O–H groups in total. The highest BCUT2D eigenvalue weighted by atomic mass is 16.1. The Labute approximate surface area is 100.0 Å². The Morgan fingerprint density at radius 1 is 1.47 bits per heavy atom. The van der Waals surface area contributed by atoms with Crippen LogP contribution in [0, 0.1) is 5.41 Å². The van der Waals surface area contributed by atoms with Crippen molar-refractivity contribution in [2.75, 3.05) is 25.5 Å². The van der Waals surface area contributed by atoms with Crippen LogP contribution in [0.25, 0.3) is 0 Å². The van der Waals surface area contributed by atoms with Crippen LogP contribution in [0.1, 0.15) is 23.3 Å². The number of amides is 1. The smallest absolute Gasteiger partial charge is 0.271 e. The maximum absolute atomic E-state index is 11.2. The summed E-state index contributed by atoms with van der Waals surface area (Å²) in [6.45, 7) is 1.52. The average Bonchev–Trinajstić information content (AvgIpc) is 3.17. The van der Waals surface area contributed by atoms with Crippen molar-refractivity contribution < 1.29 is 4.79 Å². The number of hydrogen-bond donors (Lipinski definition) is 3. The van der Waals surface area contributed by atoms with Gasteiger partial charge in [-0.25, -0.2) is 0 Å². The van der Waals surface area contributed by atoms with Crippen LogP contribution < -0.4 is 16.4 Å². The first-order valence-electron chi connectivity index (χ1n) is 5.69. The van der Waals surface area contributed by atoms with E-state index in [-0.39, 0.29) is 11.3 Å².